The van der Waals surface area contributed by atoms with E-state index in [2.05, 4.69) is 0 Å². The lowest BCUT2D eigenvalue weighted by Crippen LogP contribution is -2.30. The van der Waals surface area contributed by atoms with E-state index in [-0.39, 0.29) is 5.75 Å². The molecule has 24 heavy (non-hydrogen) atoms. The highest BCUT2D eigenvalue weighted by Crippen LogP contribution is 2.24. The Morgan fingerprint density at radius 3 is 2.46 bits per heavy atom. The number of halogens is 2. The molecule has 0 N–H and O–H groups in total. The quantitative estimate of drug-likeness (QED) is 0.720. The standard InChI is InChI=1S/C17H19Cl2NO3S/c1-20(10-9-14-5-3-4-6-17(14)23-2)24(21,22)12-13-7-8-15(18)16(19)11-13/h3-8,11H,9-10,12H2,1-2H3. The maximum atomic E-state index is 12.5. The van der Waals surface area contributed by atoms with Crippen molar-refractivity contribution in [2.75, 3.05) is 20.7 Å². The van der Waals surface area contributed by atoms with Gasteiger partial charge in [0.2, 0.25) is 10.0 Å². The minimum atomic E-state index is -3.44. The number of para-hydroxylation sites is 1. The number of nitrogens with zero attached hydrogens (tertiary/aromatic N) is 1. The van der Waals surface area contributed by atoms with Crippen molar-refractivity contribution in [1.29, 1.82) is 0 Å². The third-order valence-corrected chi connectivity index (χ3v) is 6.27. The van der Waals surface area contributed by atoms with Gasteiger partial charge in [-0.15, -0.1) is 0 Å². The summed E-state index contributed by atoms with van der Waals surface area (Å²) in [4.78, 5) is 0. The first-order chi connectivity index (χ1) is 11.3. The molecular formula is C17H19Cl2NO3S. The van der Waals surface area contributed by atoms with Gasteiger partial charge in [0.15, 0.2) is 0 Å². The summed E-state index contributed by atoms with van der Waals surface area (Å²) in [5.74, 6) is 0.638. The van der Waals surface area contributed by atoms with E-state index < -0.39 is 10.0 Å². The third kappa shape index (κ3) is 4.86. The van der Waals surface area contributed by atoms with E-state index in [0.717, 1.165) is 11.3 Å². The molecule has 0 aliphatic carbocycles. The molecule has 0 aromatic heterocycles. The summed E-state index contributed by atoms with van der Waals surface area (Å²) in [7, 11) is -0.269. The molecule has 0 saturated carbocycles. The average Bonchev–Trinajstić information content (AvgIpc) is 2.56. The van der Waals surface area contributed by atoms with Crippen molar-refractivity contribution in [3.8, 4) is 5.75 Å². The van der Waals surface area contributed by atoms with E-state index in [1.165, 1.54) is 4.31 Å². The lowest BCUT2D eigenvalue weighted by Gasteiger charge is -2.18. The van der Waals surface area contributed by atoms with Crippen molar-refractivity contribution in [2.45, 2.75) is 12.2 Å². The maximum Gasteiger partial charge on any atom is 0.218 e. The van der Waals surface area contributed by atoms with Crippen molar-refractivity contribution in [2.24, 2.45) is 0 Å². The lowest BCUT2D eigenvalue weighted by molar-refractivity contribution is 0.405. The minimum Gasteiger partial charge on any atom is -0.496 e. The molecule has 130 valence electrons. The van der Waals surface area contributed by atoms with Crippen LogP contribution in [-0.4, -0.2) is 33.4 Å². The van der Waals surface area contributed by atoms with Crippen molar-refractivity contribution < 1.29 is 13.2 Å². The van der Waals surface area contributed by atoms with Gasteiger partial charge in [-0.2, -0.15) is 0 Å². The summed E-state index contributed by atoms with van der Waals surface area (Å²) in [5.41, 5.74) is 1.57. The van der Waals surface area contributed by atoms with Gasteiger partial charge in [0.25, 0.3) is 0 Å². The third-order valence-electron chi connectivity index (χ3n) is 3.70. The first-order valence-corrected chi connectivity index (χ1v) is 9.70. The number of likely N-dealkylation sites (N-methyl/N-ethyl adjacent to an activating group) is 1. The van der Waals surface area contributed by atoms with Gasteiger partial charge in [-0.25, -0.2) is 12.7 Å². The van der Waals surface area contributed by atoms with E-state index in [0.29, 0.717) is 28.6 Å². The van der Waals surface area contributed by atoms with E-state index in [4.69, 9.17) is 27.9 Å². The Morgan fingerprint density at radius 1 is 1.08 bits per heavy atom. The van der Waals surface area contributed by atoms with Gasteiger partial charge >= 0.3 is 0 Å². The number of rotatable bonds is 7. The van der Waals surface area contributed by atoms with Crippen LogP contribution in [0.5, 0.6) is 5.75 Å². The molecule has 0 atom stereocenters. The highest BCUT2D eigenvalue weighted by Gasteiger charge is 2.19. The summed E-state index contributed by atoms with van der Waals surface area (Å²) < 4.78 is 31.6. The van der Waals surface area contributed by atoms with Gasteiger partial charge in [-0.05, 0) is 35.7 Å². The molecule has 4 nitrogen and oxygen atoms in total. The van der Waals surface area contributed by atoms with Crippen LogP contribution in [0.2, 0.25) is 10.0 Å². The van der Waals surface area contributed by atoms with Crippen LogP contribution in [0.3, 0.4) is 0 Å². The Labute approximate surface area is 153 Å². The average molecular weight is 388 g/mol. The zero-order chi connectivity index (χ0) is 17.7. The fourth-order valence-corrected chi connectivity index (χ4v) is 3.79. The Bertz CT molecular complexity index is 809. The Hall–Kier alpha value is -1.27. The van der Waals surface area contributed by atoms with Crippen LogP contribution in [0.15, 0.2) is 42.5 Å². The second-order valence-corrected chi connectivity index (χ2v) is 8.28. The topological polar surface area (TPSA) is 46.6 Å². The fraction of sp³-hybridized carbons (Fsp3) is 0.294. The number of hydrogen-bond donors (Lipinski definition) is 0. The van der Waals surface area contributed by atoms with Crippen molar-refractivity contribution in [3.63, 3.8) is 0 Å². The number of ether oxygens (including phenoxy) is 1. The SMILES string of the molecule is COc1ccccc1CCN(C)S(=O)(=O)Cc1ccc(Cl)c(Cl)c1. The number of methoxy groups -OCH3 is 1. The predicted octanol–water partition coefficient (Wildman–Crippen LogP) is 4.01. The van der Waals surface area contributed by atoms with Crippen molar-refractivity contribution in [3.05, 3.63) is 63.6 Å². The second-order valence-electron chi connectivity index (χ2n) is 5.39. The zero-order valence-electron chi connectivity index (χ0n) is 13.5. The molecule has 0 fully saturated rings. The molecule has 0 aliphatic rings. The van der Waals surface area contributed by atoms with Crippen LogP contribution >= 0.6 is 23.2 Å². The summed E-state index contributed by atoms with van der Waals surface area (Å²) in [6.07, 6.45) is 0.571. The Balaban J connectivity index is 2.04. The molecule has 0 spiro atoms. The molecule has 0 bridgehead atoms. The summed E-state index contributed by atoms with van der Waals surface area (Å²) in [5, 5.41) is 0.753. The molecule has 0 saturated heterocycles. The molecular weight excluding hydrogens is 369 g/mol. The van der Waals surface area contributed by atoms with Crippen molar-refractivity contribution >= 4 is 33.2 Å². The van der Waals surface area contributed by atoms with Crippen LogP contribution < -0.4 is 4.74 Å². The molecule has 0 amide bonds. The van der Waals surface area contributed by atoms with Crippen molar-refractivity contribution in [1.82, 2.24) is 4.31 Å². The first-order valence-electron chi connectivity index (χ1n) is 7.33. The number of sulfonamides is 1. The van der Waals surface area contributed by atoms with Gasteiger partial charge < -0.3 is 4.74 Å². The predicted molar refractivity (Wildman–Crippen MR) is 98.4 cm³/mol. The van der Waals surface area contributed by atoms with Crippen LogP contribution in [0.25, 0.3) is 0 Å². The molecule has 2 aromatic carbocycles. The van der Waals surface area contributed by atoms with Gasteiger partial charge in [0, 0.05) is 13.6 Å². The Morgan fingerprint density at radius 2 is 1.79 bits per heavy atom. The van der Waals surface area contributed by atoms with Crippen LogP contribution in [0, 0.1) is 0 Å². The molecule has 0 aliphatic heterocycles. The monoisotopic (exact) mass is 387 g/mol. The van der Waals surface area contributed by atoms with E-state index in [9.17, 15) is 8.42 Å². The number of hydrogen-bond acceptors (Lipinski definition) is 3. The smallest absolute Gasteiger partial charge is 0.218 e. The van der Waals surface area contributed by atoms with Crippen LogP contribution in [0.4, 0.5) is 0 Å². The minimum absolute atomic E-state index is 0.119. The highest BCUT2D eigenvalue weighted by molar-refractivity contribution is 7.88. The summed E-state index contributed by atoms with van der Waals surface area (Å²) in [6.45, 7) is 0.365. The molecule has 0 heterocycles. The molecule has 2 aromatic rings. The largest absolute Gasteiger partial charge is 0.496 e. The number of benzene rings is 2. The van der Waals surface area contributed by atoms with E-state index in [1.807, 2.05) is 24.3 Å². The normalized spacial score (nSPS) is 11.7. The second kappa shape index (κ2) is 8.21. The highest BCUT2D eigenvalue weighted by atomic mass is 35.5. The Kier molecular flexibility index (Phi) is 6.52. The summed E-state index contributed by atoms with van der Waals surface area (Å²) in [6, 6.07) is 12.4. The zero-order valence-corrected chi connectivity index (χ0v) is 15.8. The van der Waals surface area contributed by atoms with Crippen LogP contribution in [-0.2, 0) is 22.2 Å². The molecule has 7 heteroatoms. The molecule has 2 rings (SSSR count). The lowest BCUT2D eigenvalue weighted by atomic mass is 10.1. The molecule has 0 radical (unpaired) electrons. The fourth-order valence-electron chi connectivity index (χ4n) is 2.28. The van der Waals surface area contributed by atoms with Gasteiger partial charge in [0.1, 0.15) is 5.75 Å². The van der Waals surface area contributed by atoms with Gasteiger partial charge in [-0.1, -0.05) is 47.5 Å². The van der Waals surface area contributed by atoms with Gasteiger partial charge in [0.05, 0.1) is 22.9 Å². The maximum absolute atomic E-state index is 12.5. The van der Waals surface area contributed by atoms with E-state index in [1.54, 1.807) is 32.4 Å². The first kappa shape index (κ1) is 19.1. The van der Waals surface area contributed by atoms with Crippen LogP contribution in [0.1, 0.15) is 11.1 Å². The van der Waals surface area contributed by atoms with Gasteiger partial charge in [-0.3, -0.25) is 0 Å². The summed E-state index contributed by atoms with van der Waals surface area (Å²) >= 11 is 11.8. The molecule has 0 unspecified atom stereocenters. The van der Waals surface area contributed by atoms with E-state index >= 15 is 0 Å².